The van der Waals surface area contributed by atoms with Crippen LogP contribution in [0.1, 0.15) is 39.0 Å². The Kier molecular flexibility index (Phi) is 4.87. The zero-order chi connectivity index (χ0) is 19.7. The van der Waals surface area contributed by atoms with Crippen LogP contribution in [-0.4, -0.2) is 48.0 Å². The van der Waals surface area contributed by atoms with Crippen LogP contribution < -0.4 is 20.1 Å². The second-order valence-corrected chi connectivity index (χ2v) is 7.66. The number of urea groups is 1. The van der Waals surface area contributed by atoms with Gasteiger partial charge in [-0.25, -0.2) is 4.79 Å². The lowest BCUT2D eigenvalue weighted by molar-refractivity contribution is -0.135. The van der Waals surface area contributed by atoms with Gasteiger partial charge in [-0.2, -0.15) is 0 Å². The van der Waals surface area contributed by atoms with E-state index in [9.17, 15) is 14.4 Å². The Morgan fingerprint density at radius 3 is 2.64 bits per heavy atom. The molecule has 0 bridgehead atoms. The highest BCUT2D eigenvalue weighted by Crippen LogP contribution is 2.37. The molecule has 0 atom stereocenters. The number of anilines is 1. The van der Waals surface area contributed by atoms with Gasteiger partial charge in [0.25, 0.3) is 5.91 Å². The van der Waals surface area contributed by atoms with Gasteiger partial charge in [-0.05, 0) is 43.7 Å². The number of carbonyl (C=O) groups is 3. The molecule has 28 heavy (non-hydrogen) atoms. The molecule has 0 unspecified atom stereocenters. The molecule has 2 heterocycles. The first-order chi connectivity index (χ1) is 13.5. The average molecular weight is 387 g/mol. The highest BCUT2D eigenvalue weighted by molar-refractivity contribution is 6.10. The number of rotatable bonds is 4. The summed E-state index contributed by atoms with van der Waals surface area (Å²) in [5.41, 5.74) is -0.306. The van der Waals surface area contributed by atoms with Gasteiger partial charge in [0.15, 0.2) is 11.5 Å². The summed E-state index contributed by atoms with van der Waals surface area (Å²) in [6.45, 7) is 2.78. The number of hydrogen-bond donors (Lipinski definition) is 2. The predicted molar refractivity (Wildman–Crippen MR) is 101 cm³/mol. The van der Waals surface area contributed by atoms with Gasteiger partial charge in [-0.3, -0.25) is 14.5 Å². The molecule has 1 saturated carbocycles. The summed E-state index contributed by atoms with van der Waals surface area (Å²) in [5.74, 6) is 1.07. The fourth-order valence-corrected chi connectivity index (χ4v) is 4.20. The molecule has 1 spiro atoms. The Bertz CT molecular complexity index is 801. The quantitative estimate of drug-likeness (QED) is 0.773. The molecule has 2 fully saturated rings. The van der Waals surface area contributed by atoms with Crippen molar-refractivity contribution in [1.29, 1.82) is 0 Å². The van der Waals surface area contributed by atoms with Crippen LogP contribution in [0.25, 0.3) is 0 Å². The maximum Gasteiger partial charge on any atom is 0.325 e. The second kappa shape index (κ2) is 7.33. The monoisotopic (exact) mass is 387 g/mol. The Labute approximate surface area is 163 Å². The van der Waals surface area contributed by atoms with E-state index in [1.807, 2.05) is 0 Å². The maximum absolute atomic E-state index is 12.9. The van der Waals surface area contributed by atoms with Gasteiger partial charge in [-0.1, -0.05) is 13.3 Å². The van der Waals surface area contributed by atoms with E-state index in [0.717, 1.165) is 24.2 Å². The largest absolute Gasteiger partial charge is 0.486 e. The number of nitrogens with zero attached hydrogens (tertiary/aromatic N) is 1. The predicted octanol–water partition coefficient (Wildman–Crippen LogP) is 2.29. The second-order valence-electron chi connectivity index (χ2n) is 7.66. The van der Waals surface area contributed by atoms with Crippen LogP contribution in [0.3, 0.4) is 0 Å². The van der Waals surface area contributed by atoms with Crippen LogP contribution >= 0.6 is 0 Å². The molecule has 4 rings (SSSR count). The maximum atomic E-state index is 12.9. The first kappa shape index (κ1) is 18.6. The summed E-state index contributed by atoms with van der Waals surface area (Å²) in [6, 6.07) is 4.60. The summed E-state index contributed by atoms with van der Waals surface area (Å²) in [5, 5.41) is 5.56. The molecule has 3 aliphatic rings. The number of amides is 4. The van der Waals surface area contributed by atoms with E-state index < -0.39 is 17.5 Å². The summed E-state index contributed by atoms with van der Waals surface area (Å²) < 4.78 is 11.0. The van der Waals surface area contributed by atoms with Crippen LogP contribution in [0, 0.1) is 5.92 Å². The number of benzene rings is 1. The number of fused-ring (bicyclic) bond motifs is 1. The zero-order valence-corrected chi connectivity index (χ0v) is 16.0. The molecule has 8 nitrogen and oxygen atoms in total. The lowest BCUT2D eigenvalue weighted by Gasteiger charge is -2.34. The van der Waals surface area contributed by atoms with Crippen molar-refractivity contribution in [2.24, 2.45) is 5.92 Å². The Hall–Kier alpha value is -2.77. The van der Waals surface area contributed by atoms with E-state index in [-0.39, 0.29) is 12.5 Å². The SMILES string of the molecule is CCC1CCC2(CC1)NC(=O)N(CC(=O)Nc1ccc3c(c1)OCCO3)C2=O. The molecule has 0 radical (unpaired) electrons. The molecule has 1 aromatic carbocycles. The number of hydrogen-bond acceptors (Lipinski definition) is 5. The molecule has 1 aromatic rings. The van der Waals surface area contributed by atoms with Crippen molar-refractivity contribution in [3.8, 4) is 11.5 Å². The van der Waals surface area contributed by atoms with E-state index in [1.165, 1.54) is 0 Å². The number of imide groups is 1. The summed E-state index contributed by atoms with van der Waals surface area (Å²) in [4.78, 5) is 38.7. The standard InChI is InChI=1S/C20H25N3O5/c1-2-13-5-7-20(8-6-13)18(25)23(19(26)22-20)12-17(24)21-14-3-4-15-16(11-14)28-10-9-27-15/h3-4,11,13H,2,5-10,12H2,1H3,(H,21,24)(H,22,26). The van der Waals surface area contributed by atoms with Gasteiger partial charge in [-0.15, -0.1) is 0 Å². The minimum absolute atomic E-state index is 0.288. The molecule has 150 valence electrons. The lowest BCUT2D eigenvalue weighted by Crippen LogP contribution is -2.49. The molecular weight excluding hydrogens is 362 g/mol. The van der Waals surface area contributed by atoms with E-state index in [1.54, 1.807) is 18.2 Å². The number of carbonyl (C=O) groups excluding carboxylic acids is 3. The van der Waals surface area contributed by atoms with Gasteiger partial charge >= 0.3 is 6.03 Å². The van der Waals surface area contributed by atoms with E-state index >= 15 is 0 Å². The Morgan fingerprint density at radius 1 is 1.21 bits per heavy atom. The average Bonchev–Trinajstić information content (AvgIpc) is 2.92. The fraction of sp³-hybridized carbons (Fsp3) is 0.550. The van der Waals surface area contributed by atoms with Crippen LogP contribution in [0.4, 0.5) is 10.5 Å². The van der Waals surface area contributed by atoms with Crippen LogP contribution in [0.2, 0.25) is 0 Å². The van der Waals surface area contributed by atoms with E-state index in [0.29, 0.717) is 49.2 Å². The van der Waals surface area contributed by atoms with Crippen molar-refractivity contribution in [2.45, 2.75) is 44.6 Å². The molecule has 2 aliphatic heterocycles. The third kappa shape index (κ3) is 3.39. The van der Waals surface area contributed by atoms with Gasteiger partial charge in [0.1, 0.15) is 25.3 Å². The zero-order valence-electron chi connectivity index (χ0n) is 16.0. The third-order valence-corrected chi connectivity index (χ3v) is 5.91. The number of nitrogens with one attached hydrogen (secondary N) is 2. The highest BCUT2D eigenvalue weighted by Gasteiger charge is 2.52. The molecule has 2 N–H and O–H groups in total. The lowest BCUT2D eigenvalue weighted by atomic mass is 9.75. The normalized spacial score (nSPS) is 26.3. The number of ether oxygens (including phenoxy) is 2. The smallest absolute Gasteiger partial charge is 0.325 e. The van der Waals surface area contributed by atoms with Crippen LogP contribution in [0.15, 0.2) is 18.2 Å². The Balaban J connectivity index is 1.39. The molecule has 4 amide bonds. The molecule has 1 saturated heterocycles. The summed E-state index contributed by atoms with van der Waals surface area (Å²) in [7, 11) is 0. The van der Waals surface area contributed by atoms with Gasteiger partial charge < -0.3 is 20.1 Å². The Morgan fingerprint density at radius 2 is 1.93 bits per heavy atom. The summed E-state index contributed by atoms with van der Waals surface area (Å²) in [6.07, 6.45) is 4.19. The van der Waals surface area contributed by atoms with E-state index in [2.05, 4.69) is 17.6 Å². The van der Waals surface area contributed by atoms with Crippen molar-refractivity contribution < 1.29 is 23.9 Å². The molecule has 0 aromatic heterocycles. The van der Waals surface area contributed by atoms with Crippen LogP contribution in [-0.2, 0) is 9.59 Å². The van der Waals surface area contributed by atoms with Crippen LogP contribution in [0.5, 0.6) is 11.5 Å². The third-order valence-electron chi connectivity index (χ3n) is 5.91. The molecule has 1 aliphatic carbocycles. The van der Waals surface area contributed by atoms with Gasteiger partial charge in [0, 0.05) is 11.8 Å². The van der Waals surface area contributed by atoms with E-state index in [4.69, 9.17) is 9.47 Å². The van der Waals surface area contributed by atoms with Gasteiger partial charge in [0.05, 0.1) is 0 Å². The topological polar surface area (TPSA) is 97.0 Å². The molecular formula is C20H25N3O5. The van der Waals surface area contributed by atoms with Crippen molar-refractivity contribution >= 4 is 23.5 Å². The van der Waals surface area contributed by atoms with Crippen molar-refractivity contribution in [2.75, 3.05) is 25.1 Å². The minimum Gasteiger partial charge on any atom is -0.486 e. The van der Waals surface area contributed by atoms with Crippen molar-refractivity contribution in [3.63, 3.8) is 0 Å². The fourth-order valence-electron chi connectivity index (χ4n) is 4.20. The minimum atomic E-state index is -0.833. The first-order valence-electron chi connectivity index (χ1n) is 9.84. The first-order valence-corrected chi connectivity index (χ1v) is 9.84. The van der Waals surface area contributed by atoms with Gasteiger partial charge in [0.2, 0.25) is 5.91 Å². The summed E-state index contributed by atoms with van der Waals surface area (Å²) >= 11 is 0. The van der Waals surface area contributed by atoms with Crippen molar-refractivity contribution in [3.05, 3.63) is 18.2 Å². The highest BCUT2D eigenvalue weighted by atomic mass is 16.6. The molecule has 8 heteroatoms. The van der Waals surface area contributed by atoms with Crippen molar-refractivity contribution in [1.82, 2.24) is 10.2 Å².